The molecule has 4 heteroatoms. The van der Waals surface area contributed by atoms with Crippen molar-refractivity contribution in [2.45, 2.75) is 52.0 Å². The van der Waals surface area contributed by atoms with Crippen LogP contribution in [-0.4, -0.2) is 31.6 Å². The fourth-order valence-electron chi connectivity index (χ4n) is 3.09. The van der Waals surface area contributed by atoms with Crippen molar-refractivity contribution in [2.75, 3.05) is 29.9 Å². The molecular formula is C18H29N3O. The normalized spacial score (nSPS) is 15.4. The Bertz CT molecular complexity index is 448. The summed E-state index contributed by atoms with van der Waals surface area (Å²) in [7, 11) is 0. The second-order valence-corrected chi connectivity index (χ2v) is 5.98. The van der Waals surface area contributed by atoms with Crippen LogP contribution in [-0.2, 0) is 4.79 Å². The summed E-state index contributed by atoms with van der Waals surface area (Å²) >= 11 is 0. The Morgan fingerprint density at radius 1 is 1.09 bits per heavy atom. The number of rotatable bonds is 7. The second kappa shape index (κ2) is 8.66. The minimum Gasteiger partial charge on any atom is -0.376 e. The van der Waals surface area contributed by atoms with Crippen LogP contribution in [0.15, 0.2) is 24.3 Å². The number of hydrogen-bond donors (Lipinski definition) is 2. The smallest absolute Gasteiger partial charge is 0.239 e. The van der Waals surface area contributed by atoms with Crippen LogP contribution in [0, 0.1) is 0 Å². The molecule has 1 aliphatic carbocycles. The van der Waals surface area contributed by atoms with E-state index in [9.17, 15) is 4.79 Å². The zero-order chi connectivity index (χ0) is 15.8. The molecule has 1 fully saturated rings. The standard InChI is InChI=1S/C18H29N3O/c1-3-21(4-2)17-12-10-15(11-13-17)19-14-18(22)20-16-8-6-5-7-9-16/h10-13,16,19H,3-9,14H2,1-2H3,(H,20,22). The molecule has 0 unspecified atom stereocenters. The average Bonchev–Trinajstić information content (AvgIpc) is 2.56. The number of nitrogens with one attached hydrogen (secondary N) is 2. The van der Waals surface area contributed by atoms with E-state index in [0.29, 0.717) is 12.6 Å². The van der Waals surface area contributed by atoms with Gasteiger partial charge in [-0.2, -0.15) is 0 Å². The number of carbonyl (C=O) groups excluding carboxylic acids is 1. The first kappa shape index (κ1) is 16.7. The number of nitrogens with zero attached hydrogens (tertiary/aromatic N) is 1. The van der Waals surface area contributed by atoms with Gasteiger partial charge in [-0.05, 0) is 51.0 Å². The number of benzene rings is 1. The van der Waals surface area contributed by atoms with Gasteiger partial charge in [0.05, 0.1) is 6.54 Å². The van der Waals surface area contributed by atoms with Crippen LogP contribution in [0.3, 0.4) is 0 Å². The zero-order valence-corrected chi connectivity index (χ0v) is 13.9. The van der Waals surface area contributed by atoms with Crippen molar-refractivity contribution >= 4 is 17.3 Å². The van der Waals surface area contributed by atoms with Gasteiger partial charge in [0.15, 0.2) is 0 Å². The largest absolute Gasteiger partial charge is 0.376 e. The molecule has 2 rings (SSSR count). The highest BCUT2D eigenvalue weighted by Gasteiger charge is 2.15. The topological polar surface area (TPSA) is 44.4 Å². The van der Waals surface area contributed by atoms with Crippen LogP contribution in [0.1, 0.15) is 46.0 Å². The van der Waals surface area contributed by atoms with Crippen LogP contribution >= 0.6 is 0 Å². The lowest BCUT2D eigenvalue weighted by Gasteiger charge is -2.23. The van der Waals surface area contributed by atoms with Crippen molar-refractivity contribution in [3.05, 3.63) is 24.3 Å². The number of hydrogen-bond acceptors (Lipinski definition) is 3. The summed E-state index contributed by atoms with van der Waals surface area (Å²) in [4.78, 5) is 14.3. The lowest BCUT2D eigenvalue weighted by molar-refractivity contribution is -0.120. The first-order chi connectivity index (χ1) is 10.7. The molecule has 22 heavy (non-hydrogen) atoms. The van der Waals surface area contributed by atoms with Gasteiger partial charge in [-0.15, -0.1) is 0 Å². The number of amides is 1. The summed E-state index contributed by atoms with van der Waals surface area (Å²) in [5.41, 5.74) is 2.22. The highest BCUT2D eigenvalue weighted by atomic mass is 16.1. The summed E-state index contributed by atoms with van der Waals surface area (Å²) in [6.07, 6.45) is 6.05. The maximum Gasteiger partial charge on any atom is 0.239 e. The molecule has 4 nitrogen and oxygen atoms in total. The van der Waals surface area contributed by atoms with Gasteiger partial charge in [-0.1, -0.05) is 19.3 Å². The fraction of sp³-hybridized carbons (Fsp3) is 0.611. The third-order valence-electron chi connectivity index (χ3n) is 4.42. The molecule has 1 aromatic rings. The lowest BCUT2D eigenvalue weighted by Crippen LogP contribution is -2.39. The Balaban J connectivity index is 1.77. The first-order valence-corrected chi connectivity index (χ1v) is 8.61. The van der Waals surface area contributed by atoms with Gasteiger partial charge in [-0.25, -0.2) is 0 Å². The number of anilines is 2. The Kier molecular flexibility index (Phi) is 6.56. The molecule has 0 heterocycles. The minimum absolute atomic E-state index is 0.0970. The van der Waals surface area contributed by atoms with Gasteiger partial charge in [0, 0.05) is 30.5 Å². The molecule has 0 saturated heterocycles. The SMILES string of the molecule is CCN(CC)c1ccc(NCC(=O)NC2CCCCC2)cc1. The van der Waals surface area contributed by atoms with E-state index in [0.717, 1.165) is 31.6 Å². The summed E-state index contributed by atoms with van der Waals surface area (Å²) in [5, 5.41) is 6.33. The molecule has 2 N–H and O–H groups in total. The third-order valence-corrected chi connectivity index (χ3v) is 4.42. The molecule has 0 aliphatic heterocycles. The molecule has 1 aliphatic rings. The molecule has 0 radical (unpaired) electrons. The van der Waals surface area contributed by atoms with Gasteiger partial charge in [0.1, 0.15) is 0 Å². The van der Waals surface area contributed by atoms with E-state index < -0.39 is 0 Å². The van der Waals surface area contributed by atoms with Crippen LogP contribution in [0.2, 0.25) is 0 Å². The summed E-state index contributed by atoms with van der Waals surface area (Å²) in [6.45, 7) is 6.68. The van der Waals surface area contributed by atoms with Gasteiger partial charge >= 0.3 is 0 Å². The Morgan fingerprint density at radius 2 is 1.73 bits per heavy atom. The maximum absolute atomic E-state index is 12.0. The Labute approximate surface area is 134 Å². The molecule has 1 saturated carbocycles. The van der Waals surface area contributed by atoms with Crippen molar-refractivity contribution in [1.29, 1.82) is 0 Å². The van der Waals surface area contributed by atoms with E-state index in [2.05, 4.69) is 41.5 Å². The molecule has 0 atom stereocenters. The van der Waals surface area contributed by atoms with Crippen molar-refractivity contribution in [1.82, 2.24) is 5.32 Å². The van der Waals surface area contributed by atoms with E-state index in [1.165, 1.54) is 24.9 Å². The zero-order valence-electron chi connectivity index (χ0n) is 13.9. The Morgan fingerprint density at radius 3 is 2.32 bits per heavy atom. The van der Waals surface area contributed by atoms with E-state index in [-0.39, 0.29) is 5.91 Å². The maximum atomic E-state index is 12.0. The minimum atomic E-state index is 0.0970. The first-order valence-electron chi connectivity index (χ1n) is 8.61. The molecule has 0 aromatic heterocycles. The van der Waals surface area contributed by atoms with Crippen molar-refractivity contribution < 1.29 is 4.79 Å². The van der Waals surface area contributed by atoms with E-state index in [4.69, 9.17) is 0 Å². The monoisotopic (exact) mass is 303 g/mol. The second-order valence-electron chi connectivity index (χ2n) is 5.98. The highest BCUT2D eigenvalue weighted by Crippen LogP contribution is 2.18. The van der Waals surface area contributed by atoms with Gasteiger partial charge in [-0.3, -0.25) is 4.79 Å². The third kappa shape index (κ3) is 4.93. The van der Waals surface area contributed by atoms with Crippen LogP contribution < -0.4 is 15.5 Å². The summed E-state index contributed by atoms with van der Waals surface area (Å²) in [6, 6.07) is 8.68. The predicted octanol–water partition coefficient (Wildman–Crippen LogP) is 3.39. The van der Waals surface area contributed by atoms with Gasteiger partial charge in [0.2, 0.25) is 5.91 Å². The molecular weight excluding hydrogens is 274 g/mol. The number of carbonyl (C=O) groups is 1. The molecule has 122 valence electrons. The molecule has 1 aromatic carbocycles. The summed E-state index contributed by atoms with van der Waals surface area (Å²) in [5.74, 6) is 0.0970. The predicted molar refractivity (Wildman–Crippen MR) is 93.5 cm³/mol. The Hall–Kier alpha value is -1.71. The fourth-order valence-corrected chi connectivity index (χ4v) is 3.09. The van der Waals surface area contributed by atoms with E-state index >= 15 is 0 Å². The van der Waals surface area contributed by atoms with Crippen LogP contribution in [0.4, 0.5) is 11.4 Å². The summed E-state index contributed by atoms with van der Waals surface area (Å²) < 4.78 is 0. The average molecular weight is 303 g/mol. The molecule has 0 bridgehead atoms. The molecule has 0 spiro atoms. The lowest BCUT2D eigenvalue weighted by atomic mass is 9.95. The van der Waals surface area contributed by atoms with Crippen molar-refractivity contribution in [3.63, 3.8) is 0 Å². The van der Waals surface area contributed by atoms with Crippen LogP contribution in [0.25, 0.3) is 0 Å². The quantitative estimate of drug-likeness (QED) is 0.811. The van der Waals surface area contributed by atoms with Crippen molar-refractivity contribution in [2.24, 2.45) is 0 Å². The van der Waals surface area contributed by atoms with Crippen molar-refractivity contribution in [3.8, 4) is 0 Å². The van der Waals surface area contributed by atoms with E-state index in [1.807, 2.05) is 12.1 Å². The highest BCUT2D eigenvalue weighted by molar-refractivity contribution is 5.81. The molecule has 1 amide bonds. The van der Waals surface area contributed by atoms with E-state index in [1.54, 1.807) is 0 Å². The van der Waals surface area contributed by atoms with Gasteiger partial charge < -0.3 is 15.5 Å². The van der Waals surface area contributed by atoms with Crippen LogP contribution in [0.5, 0.6) is 0 Å². The van der Waals surface area contributed by atoms with Gasteiger partial charge in [0.25, 0.3) is 0 Å².